The third-order valence-electron chi connectivity index (χ3n) is 8.55. The molecular weight excluding hydrogens is 524 g/mol. The average molecular weight is 559 g/mol. The Bertz CT molecular complexity index is 1840. The van der Waals surface area contributed by atoms with Gasteiger partial charge in [-0.05, 0) is 95.1 Å². The molecule has 0 saturated carbocycles. The predicted octanol–water partition coefficient (Wildman–Crippen LogP) is 10.9. The fraction of sp³-hybridized carbons (Fsp3) is 0.100. The molecule has 0 fully saturated rings. The third-order valence-corrected chi connectivity index (χ3v) is 8.55. The molecule has 0 N–H and O–H groups in total. The number of hydrogen-bond donors (Lipinski definition) is 0. The van der Waals surface area contributed by atoms with E-state index in [-0.39, 0.29) is 5.41 Å². The number of para-hydroxylation sites is 4. The Balaban J connectivity index is 1.45. The average Bonchev–Trinajstić information content (AvgIpc) is 3.29. The molecular formula is C40H34N2O. The summed E-state index contributed by atoms with van der Waals surface area (Å²) in [5.41, 5.74) is 11.8. The van der Waals surface area contributed by atoms with Crippen molar-refractivity contribution in [3.8, 4) is 16.9 Å². The number of nitrogens with zero attached hydrogens (tertiary/aromatic N) is 2. The van der Waals surface area contributed by atoms with Gasteiger partial charge in [-0.25, -0.2) is 0 Å². The van der Waals surface area contributed by atoms with Crippen LogP contribution in [-0.4, -0.2) is 7.11 Å². The lowest BCUT2D eigenvalue weighted by atomic mass is 9.82. The first-order valence-electron chi connectivity index (χ1n) is 14.7. The largest absolute Gasteiger partial charge is 0.497 e. The maximum Gasteiger partial charge on any atom is 0.119 e. The number of benzene rings is 6. The number of ether oxygens (including phenoxy) is 1. The van der Waals surface area contributed by atoms with Crippen LogP contribution < -0.4 is 14.5 Å². The smallest absolute Gasteiger partial charge is 0.119 e. The van der Waals surface area contributed by atoms with Crippen LogP contribution in [0.1, 0.15) is 25.0 Å². The molecule has 0 heterocycles. The highest BCUT2D eigenvalue weighted by atomic mass is 16.5. The summed E-state index contributed by atoms with van der Waals surface area (Å²) in [6, 6.07) is 53.9. The van der Waals surface area contributed by atoms with Crippen LogP contribution in [0.25, 0.3) is 11.1 Å². The van der Waals surface area contributed by atoms with Crippen molar-refractivity contribution in [3.05, 3.63) is 163 Å². The molecule has 1 aliphatic rings. The Kier molecular flexibility index (Phi) is 6.71. The van der Waals surface area contributed by atoms with Crippen LogP contribution in [0.3, 0.4) is 0 Å². The fourth-order valence-corrected chi connectivity index (χ4v) is 6.41. The summed E-state index contributed by atoms with van der Waals surface area (Å²) >= 11 is 0. The second kappa shape index (κ2) is 10.8. The van der Waals surface area contributed by atoms with E-state index in [4.69, 9.17) is 4.74 Å². The van der Waals surface area contributed by atoms with Crippen LogP contribution in [-0.2, 0) is 5.41 Å². The van der Waals surface area contributed by atoms with Gasteiger partial charge in [0.1, 0.15) is 5.75 Å². The molecule has 6 aromatic rings. The van der Waals surface area contributed by atoms with Crippen molar-refractivity contribution in [2.45, 2.75) is 19.3 Å². The van der Waals surface area contributed by atoms with Crippen molar-refractivity contribution in [2.75, 3.05) is 16.9 Å². The highest BCUT2D eigenvalue weighted by Crippen LogP contribution is 2.52. The first kappa shape index (κ1) is 26.6. The molecule has 0 aliphatic heterocycles. The zero-order valence-corrected chi connectivity index (χ0v) is 24.7. The van der Waals surface area contributed by atoms with E-state index in [1.165, 1.54) is 22.3 Å². The molecule has 0 bridgehead atoms. The van der Waals surface area contributed by atoms with Crippen LogP contribution >= 0.6 is 0 Å². The molecule has 6 aromatic carbocycles. The molecule has 0 radical (unpaired) electrons. The Morgan fingerprint density at radius 3 is 1.51 bits per heavy atom. The minimum atomic E-state index is -0.104. The highest BCUT2D eigenvalue weighted by molar-refractivity contribution is 5.92. The van der Waals surface area contributed by atoms with Crippen LogP contribution in [0, 0.1) is 0 Å². The zero-order valence-electron chi connectivity index (χ0n) is 24.7. The van der Waals surface area contributed by atoms with Gasteiger partial charge in [-0.2, -0.15) is 0 Å². The quantitative estimate of drug-likeness (QED) is 0.194. The van der Waals surface area contributed by atoms with Crippen molar-refractivity contribution in [2.24, 2.45) is 0 Å². The molecule has 0 aromatic heterocycles. The molecule has 3 heteroatoms. The van der Waals surface area contributed by atoms with E-state index < -0.39 is 0 Å². The Labute approximate surface area is 254 Å². The molecule has 3 nitrogen and oxygen atoms in total. The van der Waals surface area contributed by atoms with Gasteiger partial charge in [-0.3, -0.25) is 0 Å². The van der Waals surface area contributed by atoms with Gasteiger partial charge in [0.2, 0.25) is 0 Å². The Hall–Kier alpha value is -5.28. The summed E-state index contributed by atoms with van der Waals surface area (Å²) < 4.78 is 5.53. The number of hydrogen-bond acceptors (Lipinski definition) is 3. The second-order valence-electron chi connectivity index (χ2n) is 11.4. The van der Waals surface area contributed by atoms with E-state index in [0.29, 0.717) is 0 Å². The maximum atomic E-state index is 5.53. The number of anilines is 6. The van der Waals surface area contributed by atoms with Gasteiger partial charge in [-0.1, -0.05) is 92.7 Å². The fourth-order valence-electron chi connectivity index (χ4n) is 6.41. The predicted molar refractivity (Wildman–Crippen MR) is 180 cm³/mol. The van der Waals surface area contributed by atoms with Gasteiger partial charge < -0.3 is 14.5 Å². The van der Waals surface area contributed by atoms with Crippen molar-refractivity contribution in [3.63, 3.8) is 0 Å². The van der Waals surface area contributed by atoms with Gasteiger partial charge in [0.05, 0.1) is 18.5 Å². The lowest BCUT2D eigenvalue weighted by Gasteiger charge is -2.33. The normalized spacial score (nSPS) is 12.7. The minimum absolute atomic E-state index is 0.104. The van der Waals surface area contributed by atoms with Crippen molar-refractivity contribution < 1.29 is 4.74 Å². The van der Waals surface area contributed by atoms with E-state index in [9.17, 15) is 0 Å². The Morgan fingerprint density at radius 1 is 0.442 bits per heavy atom. The van der Waals surface area contributed by atoms with Gasteiger partial charge in [0.15, 0.2) is 0 Å². The van der Waals surface area contributed by atoms with Crippen molar-refractivity contribution in [1.82, 2.24) is 0 Å². The van der Waals surface area contributed by atoms with E-state index in [0.717, 1.165) is 39.9 Å². The maximum absolute atomic E-state index is 5.53. The summed E-state index contributed by atoms with van der Waals surface area (Å²) in [6.45, 7) is 4.67. The number of fused-ring (bicyclic) bond motifs is 3. The summed E-state index contributed by atoms with van der Waals surface area (Å²) in [7, 11) is 1.71. The third kappa shape index (κ3) is 4.64. The van der Waals surface area contributed by atoms with Gasteiger partial charge in [-0.15, -0.1) is 0 Å². The zero-order chi connectivity index (χ0) is 29.4. The summed E-state index contributed by atoms with van der Waals surface area (Å²) in [4.78, 5) is 4.70. The van der Waals surface area contributed by atoms with Crippen molar-refractivity contribution >= 4 is 34.1 Å². The lowest BCUT2D eigenvalue weighted by molar-refractivity contribution is 0.415. The van der Waals surface area contributed by atoms with Gasteiger partial charge in [0.25, 0.3) is 0 Å². The lowest BCUT2D eigenvalue weighted by Crippen LogP contribution is -2.18. The topological polar surface area (TPSA) is 15.7 Å². The molecule has 0 amide bonds. The van der Waals surface area contributed by atoms with Crippen LogP contribution in [0.15, 0.2) is 152 Å². The minimum Gasteiger partial charge on any atom is -0.497 e. The molecule has 0 atom stereocenters. The monoisotopic (exact) mass is 558 g/mol. The highest BCUT2D eigenvalue weighted by Gasteiger charge is 2.36. The van der Waals surface area contributed by atoms with E-state index in [1.54, 1.807) is 7.11 Å². The molecule has 1 aliphatic carbocycles. The first-order valence-corrected chi connectivity index (χ1v) is 14.7. The van der Waals surface area contributed by atoms with Gasteiger partial charge in [0, 0.05) is 28.2 Å². The van der Waals surface area contributed by atoms with Crippen molar-refractivity contribution in [1.29, 1.82) is 0 Å². The molecule has 7 rings (SSSR count). The molecule has 0 saturated heterocycles. The summed E-state index contributed by atoms with van der Waals surface area (Å²) in [5, 5.41) is 0. The van der Waals surface area contributed by atoms with E-state index in [2.05, 4.69) is 163 Å². The van der Waals surface area contributed by atoms with Crippen LogP contribution in [0.2, 0.25) is 0 Å². The van der Waals surface area contributed by atoms with E-state index >= 15 is 0 Å². The number of methoxy groups -OCH3 is 1. The first-order chi connectivity index (χ1) is 21.1. The van der Waals surface area contributed by atoms with Crippen LogP contribution in [0.5, 0.6) is 5.75 Å². The molecule has 43 heavy (non-hydrogen) atoms. The Morgan fingerprint density at radius 2 is 0.907 bits per heavy atom. The van der Waals surface area contributed by atoms with Gasteiger partial charge >= 0.3 is 0 Å². The second-order valence-corrected chi connectivity index (χ2v) is 11.4. The molecule has 210 valence electrons. The SMILES string of the molecule is COc1ccc(N(c2ccc3c(c2)C(C)(C)c2ccccc2-3)c2ccccc2N(c2ccccc2)c2ccccc2)cc1. The summed E-state index contributed by atoms with van der Waals surface area (Å²) in [5.74, 6) is 0.831. The van der Waals surface area contributed by atoms with Crippen LogP contribution in [0.4, 0.5) is 34.1 Å². The standard InChI is InChI=1S/C40H34N2O/c1-40(2)36-19-11-10-18-34(36)35-27-24-32(28-37(35)40)42(31-22-25-33(43-3)26-23-31)39-21-13-12-20-38(39)41(29-14-6-4-7-15-29)30-16-8-5-9-17-30/h4-28H,1-3H3. The summed E-state index contributed by atoms with van der Waals surface area (Å²) in [6.07, 6.45) is 0. The molecule has 0 unspecified atom stereocenters. The number of rotatable bonds is 7. The molecule has 0 spiro atoms. The van der Waals surface area contributed by atoms with E-state index in [1.807, 2.05) is 12.1 Å².